The van der Waals surface area contributed by atoms with Crippen molar-refractivity contribution in [3.63, 3.8) is 0 Å². The zero-order chi connectivity index (χ0) is 19.9. The largest absolute Gasteiger partial charge is 0.0845 e. The minimum atomic E-state index is 0.572. The van der Waals surface area contributed by atoms with Crippen molar-refractivity contribution >= 4 is 0 Å². The van der Waals surface area contributed by atoms with Gasteiger partial charge in [0.1, 0.15) is 0 Å². The molecule has 0 nitrogen and oxygen atoms in total. The molecule has 1 unspecified atom stereocenters. The van der Waals surface area contributed by atoms with Gasteiger partial charge in [0.15, 0.2) is 0 Å². The number of hydrogen-bond donors (Lipinski definition) is 0. The van der Waals surface area contributed by atoms with Gasteiger partial charge in [-0.05, 0) is 97.7 Å². The molecule has 0 radical (unpaired) electrons. The molecule has 0 aromatic heterocycles. The van der Waals surface area contributed by atoms with Crippen LogP contribution < -0.4 is 0 Å². The monoisotopic (exact) mass is 384 g/mol. The summed E-state index contributed by atoms with van der Waals surface area (Å²) >= 11 is 0. The summed E-state index contributed by atoms with van der Waals surface area (Å²) in [7, 11) is 0. The second kappa shape index (κ2) is 8.11. The standard InChI is InChI=1S/C28H48/c1-6-20(2)10-9-11-21(3)24-15-16-25-23-14-13-22-12-7-8-18-27(22,4)26(23)17-19-28(24,25)5/h13,20-21,23-26H,6-12,14-19H2,1-5H3/t20?,21-,23+,24-,25+,26+,27+,28-/m1/s1. The molecule has 0 N–H and O–H groups in total. The van der Waals surface area contributed by atoms with E-state index in [1.54, 1.807) is 0 Å². The lowest BCUT2D eigenvalue weighted by Gasteiger charge is -2.58. The molecule has 0 aliphatic heterocycles. The van der Waals surface area contributed by atoms with Gasteiger partial charge in [-0.2, -0.15) is 0 Å². The van der Waals surface area contributed by atoms with Gasteiger partial charge in [0, 0.05) is 0 Å². The van der Waals surface area contributed by atoms with Crippen LogP contribution in [0.15, 0.2) is 11.6 Å². The van der Waals surface area contributed by atoms with Crippen molar-refractivity contribution in [3.8, 4) is 0 Å². The minimum Gasteiger partial charge on any atom is -0.0845 e. The van der Waals surface area contributed by atoms with Crippen LogP contribution in [0.4, 0.5) is 0 Å². The molecule has 0 bridgehead atoms. The SMILES string of the molecule is CCC(C)CCC[C@@H](C)[C@H]1CC[C@H]2[C@@H]3CC=C4CCCC[C@]4(C)[C@H]3CC[C@]12C. The molecule has 0 saturated heterocycles. The summed E-state index contributed by atoms with van der Waals surface area (Å²) in [6, 6.07) is 0. The molecule has 160 valence electrons. The highest BCUT2D eigenvalue weighted by Gasteiger charge is 2.58. The number of fused-ring (bicyclic) bond motifs is 5. The molecule has 0 amide bonds. The van der Waals surface area contributed by atoms with E-state index >= 15 is 0 Å². The van der Waals surface area contributed by atoms with Gasteiger partial charge >= 0.3 is 0 Å². The van der Waals surface area contributed by atoms with Crippen LogP contribution >= 0.6 is 0 Å². The summed E-state index contributed by atoms with van der Waals surface area (Å²) in [5.74, 6) is 5.89. The first-order valence-corrected chi connectivity index (χ1v) is 13.1. The van der Waals surface area contributed by atoms with E-state index in [1.165, 1.54) is 83.5 Å². The normalized spacial score (nSPS) is 44.8. The van der Waals surface area contributed by atoms with Gasteiger partial charge in [0.05, 0.1) is 0 Å². The van der Waals surface area contributed by atoms with Gasteiger partial charge in [-0.25, -0.2) is 0 Å². The van der Waals surface area contributed by atoms with Crippen LogP contribution in [0.3, 0.4) is 0 Å². The molecule has 0 spiro atoms. The number of allylic oxidation sites excluding steroid dienone is 2. The lowest BCUT2D eigenvalue weighted by atomic mass is 9.47. The first-order valence-electron chi connectivity index (χ1n) is 13.1. The van der Waals surface area contributed by atoms with E-state index in [2.05, 4.69) is 40.7 Å². The van der Waals surface area contributed by atoms with Gasteiger partial charge in [0.25, 0.3) is 0 Å². The molecule has 4 aliphatic rings. The van der Waals surface area contributed by atoms with Crippen molar-refractivity contribution < 1.29 is 0 Å². The fraction of sp³-hybridized carbons (Fsp3) is 0.929. The Balaban J connectivity index is 1.45. The van der Waals surface area contributed by atoms with Crippen LogP contribution in [0.25, 0.3) is 0 Å². The molecule has 4 aliphatic carbocycles. The minimum absolute atomic E-state index is 0.572. The molecule has 0 heteroatoms. The maximum atomic E-state index is 2.74. The van der Waals surface area contributed by atoms with Crippen molar-refractivity contribution in [2.75, 3.05) is 0 Å². The molecule has 0 aromatic rings. The first kappa shape index (κ1) is 21.0. The Kier molecular flexibility index (Phi) is 6.08. The number of rotatable bonds is 6. The van der Waals surface area contributed by atoms with Crippen molar-refractivity contribution in [1.29, 1.82) is 0 Å². The summed E-state index contributed by atoms with van der Waals surface area (Å²) < 4.78 is 0. The summed E-state index contributed by atoms with van der Waals surface area (Å²) in [4.78, 5) is 0. The average molecular weight is 385 g/mol. The lowest BCUT2D eigenvalue weighted by molar-refractivity contribution is -0.0500. The Bertz CT molecular complexity index is 573. The summed E-state index contributed by atoms with van der Waals surface area (Å²) in [5.41, 5.74) is 3.09. The molecular formula is C28H48. The van der Waals surface area contributed by atoms with Crippen LogP contribution in [-0.2, 0) is 0 Å². The highest BCUT2D eigenvalue weighted by molar-refractivity contribution is 5.24. The Labute approximate surface area is 176 Å². The third-order valence-electron chi connectivity index (χ3n) is 10.8. The van der Waals surface area contributed by atoms with Crippen LogP contribution in [0.2, 0.25) is 0 Å². The summed E-state index contributed by atoms with van der Waals surface area (Å²) in [6.07, 6.45) is 21.9. The zero-order valence-corrected chi connectivity index (χ0v) is 19.7. The maximum Gasteiger partial charge on any atom is -0.00853 e. The van der Waals surface area contributed by atoms with Gasteiger partial charge in [-0.15, -0.1) is 0 Å². The van der Waals surface area contributed by atoms with Crippen molar-refractivity contribution in [1.82, 2.24) is 0 Å². The highest BCUT2D eigenvalue weighted by Crippen LogP contribution is 2.67. The fourth-order valence-corrected chi connectivity index (χ4v) is 8.87. The fourth-order valence-electron chi connectivity index (χ4n) is 8.87. The molecule has 0 aromatic carbocycles. The van der Waals surface area contributed by atoms with E-state index < -0.39 is 0 Å². The topological polar surface area (TPSA) is 0 Å². The van der Waals surface area contributed by atoms with E-state index in [1.807, 2.05) is 5.57 Å². The quantitative estimate of drug-likeness (QED) is 0.401. The number of hydrogen-bond acceptors (Lipinski definition) is 0. The van der Waals surface area contributed by atoms with E-state index in [9.17, 15) is 0 Å². The zero-order valence-electron chi connectivity index (χ0n) is 19.7. The Morgan fingerprint density at radius 3 is 2.61 bits per heavy atom. The van der Waals surface area contributed by atoms with Crippen LogP contribution in [0.1, 0.15) is 118 Å². The van der Waals surface area contributed by atoms with E-state index in [0.717, 1.165) is 35.5 Å². The van der Waals surface area contributed by atoms with Gasteiger partial charge in [0.2, 0.25) is 0 Å². The Morgan fingerprint density at radius 2 is 1.82 bits per heavy atom. The van der Waals surface area contributed by atoms with Crippen molar-refractivity contribution in [2.24, 2.45) is 46.3 Å². The molecule has 3 fully saturated rings. The lowest BCUT2D eigenvalue weighted by Crippen LogP contribution is -2.50. The van der Waals surface area contributed by atoms with E-state index in [4.69, 9.17) is 0 Å². The van der Waals surface area contributed by atoms with Gasteiger partial charge < -0.3 is 0 Å². The van der Waals surface area contributed by atoms with Gasteiger partial charge in [-0.3, -0.25) is 0 Å². The Hall–Kier alpha value is -0.260. The third kappa shape index (κ3) is 3.43. The smallest absolute Gasteiger partial charge is 0.00853 e. The second-order valence-corrected chi connectivity index (χ2v) is 12.1. The average Bonchev–Trinajstić information content (AvgIpc) is 3.04. The summed E-state index contributed by atoms with van der Waals surface area (Å²) in [5, 5.41) is 0. The molecule has 28 heavy (non-hydrogen) atoms. The van der Waals surface area contributed by atoms with Crippen LogP contribution in [-0.4, -0.2) is 0 Å². The molecule has 0 heterocycles. The second-order valence-electron chi connectivity index (χ2n) is 12.1. The van der Waals surface area contributed by atoms with E-state index in [-0.39, 0.29) is 0 Å². The van der Waals surface area contributed by atoms with Crippen LogP contribution in [0.5, 0.6) is 0 Å². The van der Waals surface area contributed by atoms with Crippen LogP contribution in [0, 0.1) is 46.3 Å². The third-order valence-corrected chi connectivity index (χ3v) is 10.8. The molecule has 3 saturated carbocycles. The predicted octanol–water partition coefficient (Wildman–Crippen LogP) is 8.81. The molecule has 8 atom stereocenters. The van der Waals surface area contributed by atoms with E-state index in [0.29, 0.717) is 10.8 Å². The summed E-state index contributed by atoms with van der Waals surface area (Å²) in [6.45, 7) is 12.8. The first-order chi connectivity index (χ1) is 13.4. The maximum absolute atomic E-state index is 2.74. The molecular weight excluding hydrogens is 336 g/mol. The Morgan fingerprint density at radius 1 is 1.00 bits per heavy atom. The predicted molar refractivity (Wildman–Crippen MR) is 122 cm³/mol. The van der Waals surface area contributed by atoms with Gasteiger partial charge in [-0.1, -0.05) is 78.4 Å². The molecule has 4 rings (SSSR count). The van der Waals surface area contributed by atoms with Crippen molar-refractivity contribution in [2.45, 2.75) is 118 Å². The highest BCUT2D eigenvalue weighted by atomic mass is 14.6. The van der Waals surface area contributed by atoms with Crippen molar-refractivity contribution in [3.05, 3.63) is 11.6 Å².